The van der Waals surface area contributed by atoms with Crippen LogP contribution in [0, 0.1) is 34.0 Å². The molecule has 0 aliphatic carbocycles. The molecular weight excluding hydrogens is 458 g/mol. The van der Waals surface area contributed by atoms with Gasteiger partial charge in [-0.2, -0.15) is 15.8 Å². The first-order valence-electron chi connectivity index (χ1n) is 10.7. The lowest BCUT2D eigenvalue weighted by Gasteiger charge is -2.10. The molecule has 7 heteroatoms. The summed E-state index contributed by atoms with van der Waals surface area (Å²) in [7, 11) is 1.73. The van der Waals surface area contributed by atoms with Crippen LogP contribution >= 0.6 is 22.7 Å². The van der Waals surface area contributed by atoms with E-state index in [2.05, 4.69) is 53.2 Å². The zero-order valence-corrected chi connectivity index (χ0v) is 20.6. The van der Waals surface area contributed by atoms with Crippen molar-refractivity contribution >= 4 is 34.8 Å². The summed E-state index contributed by atoms with van der Waals surface area (Å²) in [5.74, 6) is 0. The van der Waals surface area contributed by atoms with Crippen molar-refractivity contribution < 1.29 is 0 Å². The predicted molar refractivity (Wildman–Crippen MR) is 141 cm³/mol. The van der Waals surface area contributed by atoms with Crippen LogP contribution in [0.2, 0.25) is 0 Å². The van der Waals surface area contributed by atoms with Crippen molar-refractivity contribution in [3.63, 3.8) is 0 Å². The fourth-order valence-corrected chi connectivity index (χ4v) is 5.19. The van der Waals surface area contributed by atoms with Crippen molar-refractivity contribution in [2.75, 3.05) is 7.05 Å². The second-order valence-electron chi connectivity index (χ2n) is 7.12. The molecule has 0 aromatic carbocycles. The van der Waals surface area contributed by atoms with E-state index in [1.165, 1.54) is 27.2 Å². The maximum absolute atomic E-state index is 9.00. The van der Waals surface area contributed by atoms with E-state index in [-0.39, 0.29) is 5.57 Å². The summed E-state index contributed by atoms with van der Waals surface area (Å²) >= 11 is 3.39. The lowest BCUT2D eigenvalue weighted by molar-refractivity contribution is 0.697. The molecule has 0 saturated carbocycles. The number of nitrogens with zero attached hydrogens (tertiary/aromatic N) is 4. The van der Waals surface area contributed by atoms with Crippen LogP contribution in [0.25, 0.3) is 33.3 Å². The Kier molecular flexibility index (Phi) is 8.83. The van der Waals surface area contributed by atoms with Gasteiger partial charge in [0.05, 0.1) is 21.1 Å². The van der Waals surface area contributed by atoms with E-state index in [0.29, 0.717) is 5.70 Å². The molecule has 168 valence electrons. The van der Waals surface area contributed by atoms with Gasteiger partial charge in [0.15, 0.2) is 0 Å². The second kappa shape index (κ2) is 12.2. The molecule has 0 aliphatic heterocycles. The van der Waals surface area contributed by atoms with E-state index < -0.39 is 0 Å². The number of hydrogen-bond donors (Lipinski definition) is 1. The van der Waals surface area contributed by atoms with Gasteiger partial charge in [-0.25, -0.2) is 0 Å². The third-order valence-electron chi connectivity index (χ3n) is 4.86. The first kappa shape index (κ1) is 24.6. The average molecular weight is 482 g/mol. The van der Waals surface area contributed by atoms with Gasteiger partial charge in [0, 0.05) is 23.3 Å². The maximum Gasteiger partial charge on any atom is 0.129 e. The lowest BCUT2D eigenvalue weighted by atomic mass is 10.3. The smallest absolute Gasteiger partial charge is 0.129 e. The number of rotatable bonds is 9. The molecule has 0 radical (unpaired) electrons. The molecule has 34 heavy (non-hydrogen) atoms. The summed E-state index contributed by atoms with van der Waals surface area (Å²) in [5.41, 5.74) is 2.97. The molecule has 0 aliphatic rings. The van der Waals surface area contributed by atoms with Gasteiger partial charge in [0.25, 0.3) is 0 Å². The van der Waals surface area contributed by atoms with E-state index in [4.69, 9.17) is 15.8 Å². The standard InChI is InChI=1S/C27H23N5S2/c1-3-16-32-24(26-14-10-22(33-26)8-4-6-20(17-28)18-29)12-13-25(32)27-15-11-23(34-27)9-5-7-21(19-30)31-2/h4-15,31H,3,16H2,1-2H3/b8-4+,9-5+,21-7-. The van der Waals surface area contributed by atoms with Crippen molar-refractivity contribution in [2.45, 2.75) is 19.9 Å². The normalized spacial score (nSPS) is 11.3. The van der Waals surface area contributed by atoms with Crippen LogP contribution in [-0.4, -0.2) is 11.6 Å². The van der Waals surface area contributed by atoms with Crippen LogP contribution in [0.1, 0.15) is 23.1 Å². The lowest BCUT2D eigenvalue weighted by Crippen LogP contribution is -2.02. The number of nitrogens with one attached hydrogen (secondary N) is 1. The molecule has 3 heterocycles. The molecule has 3 rings (SSSR count). The molecule has 5 nitrogen and oxygen atoms in total. The summed E-state index contributed by atoms with van der Waals surface area (Å²) in [4.78, 5) is 4.54. The Morgan fingerprint density at radius 3 is 1.88 bits per heavy atom. The molecule has 0 unspecified atom stereocenters. The number of aromatic nitrogens is 1. The molecule has 0 fully saturated rings. The molecule has 3 aromatic heterocycles. The van der Waals surface area contributed by atoms with Crippen molar-refractivity contribution in [3.05, 3.63) is 81.7 Å². The van der Waals surface area contributed by atoms with Crippen LogP contribution in [-0.2, 0) is 6.54 Å². The summed E-state index contributed by atoms with van der Waals surface area (Å²) < 4.78 is 2.36. The minimum atomic E-state index is 0.0863. The van der Waals surface area contributed by atoms with E-state index in [9.17, 15) is 0 Å². The number of allylic oxidation sites excluding steroid dienone is 6. The molecule has 0 spiro atoms. The quantitative estimate of drug-likeness (QED) is 0.264. The Hall–Kier alpha value is -4.09. The Bertz CT molecular complexity index is 1370. The van der Waals surface area contributed by atoms with Gasteiger partial charge < -0.3 is 9.88 Å². The van der Waals surface area contributed by atoms with Gasteiger partial charge >= 0.3 is 0 Å². The van der Waals surface area contributed by atoms with Crippen LogP contribution in [0.4, 0.5) is 0 Å². The van der Waals surface area contributed by atoms with Gasteiger partial charge in [-0.3, -0.25) is 0 Å². The van der Waals surface area contributed by atoms with Crippen LogP contribution < -0.4 is 5.32 Å². The van der Waals surface area contributed by atoms with Crippen molar-refractivity contribution in [2.24, 2.45) is 0 Å². The molecule has 0 bridgehead atoms. The third kappa shape index (κ3) is 6.03. The Morgan fingerprint density at radius 2 is 1.41 bits per heavy atom. The summed E-state index contributed by atoms with van der Waals surface area (Å²) in [5, 5.41) is 29.5. The van der Waals surface area contributed by atoms with Crippen LogP contribution in [0.5, 0.6) is 0 Å². The highest BCUT2D eigenvalue weighted by Crippen LogP contribution is 2.36. The summed E-state index contributed by atoms with van der Waals surface area (Å²) in [6, 6.07) is 18.5. The fraction of sp³-hybridized carbons (Fsp3) is 0.148. The van der Waals surface area contributed by atoms with Crippen molar-refractivity contribution in [1.29, 1.82) is 15.8 Å². The van der Waals surface area contributed by atoms with Gasteiger partial charge in [0.1, 0.15) is 29.5 Å². The molecule has 1 N–H and O–H groups in total. The van der Waals surface area contributed by atoms with Crippen molar-refractivity contribution in [1.82, 2.24) is 9.88 Å². The third-order valence-corrected chi connectivity index (χ3v) is 7.01. The fourth-order valence-electron chi connectivity index (χ4n) is 3.28. The van der Waals surface area contributed by atoms with E-state index >= 15 is 0 Å². The highest BCUT2D eigenvalue weighted by Gasteiger charge is 2.14. The van der Waals surface area contributed by atoms with Gasteiger partial charge in [-0.05, 0) is 67.1 Å². The van der Waals surface area contributed by atoms with Gasteiger partial charge in [0.2, 0.25) is 0 Å². The minimum absolute atomic E-state index is 0.0863. The second-order valence-corrected chi connectivity index (χ2v) is 9.35. The highest BCUT2D eigenvalue weighted by molar-refractivity contribution is 7.16. The average Bonchev–Trinajstić information content (AvgIpc) is 3.60. The molecule has 0 saturated heterocycles. The van der Waals surface area contributed by atoms with E-state index in [1.807, 2.05) is 36.4 Å². The van der Waals surface area contributed by atoms with Crippen molar-refractivity contribution in [3.8, 4) is 39.3 Å². The number of thiophene rings is 2. The predicted octanol–water partition coefficient (Wildman–Crippen LogP) is 6.98. The summed E-state index contributed by atoms with van der Waals surface area (Å²) in [6.45, 7) is 3.09. The number of nitriles is 3. The van der Waals surface area contributed by atoms with E-state index in [0.717, 1.165) is 22.7 Å². The SMILES string of the molecule is CCCn1c(-c2ccc(/C=C/C=C(C#N)C#N)s2)ccc1-c1ccc(/C=C/C=C(/C#N)NC)s1. The Labute approximate surface area is 208 Å². The summed E-state index contributed by atoms with van der Waals surface area (Å²) in [6.07, 6.45) is 11.8. The van der Waals surface area contributed by atoms with Gasteiger partial charge in [-0.1, -0.05) is 19.1 Å². The highest BCUT2D eigenvalue weighted by atomic mass is 32.1. The maximum atomic E-state index is 9.00. The molecule has 0 atom stereocenters. The molecule has 0 amide bonds. The zero-order chi connectivity index (χ0) is 24.3. The molecule has 3 aromatic rings. The molecular formula is C27H23N5S2. The Balaban J connectivity index is 1.86. The number of hydrogen-bond acceptors (Lipinski definition) is 6. The monoisotopic (exact) mass is 481 g/mol. The van der Waals surface area contributed by atoms with E-state index in [1.54, 1.807) is 41.9 Å². The van der Waals surface area contributed by atoms with Gasteiger partial charge in [-0.15, -0.1) is 22.7 Å². The first-order valence-corrected chi connectivity index (χ1v) is 12.3. The topological polar surface area (TPSA) is 88.3 Å². The minimum Gasteiger partial charge on any atom is -0.380 e. The Morgan fingerprint density at radius 1 is 0.853 bits per heavy atom. The zero-order valence-electron chi connectivity index (χ0n) is 18.9. The van der Waals surface area contributed by atoms with Crippen LogP contribution in [0.15, 0.2) is 72.0 Å². The van der Waals surface area contributed by atoms with Crippen LogP contribution in [0.3, 0.4) is 0 Å². The largest absolute Gasteiger partial charge is 0.380 e. The first-order chi connectivity index (χ1) is 16.6.